The van der Waals surface area contributed by atoms with Crippen molar-refractivity contribution in [2.75, 3.05) is 33.5 Å². The maximum absolute atomic E-state index is 10.9. The summed E-state index contributed by atoms with van der Waals surface area (Å²) in [7, 11) is 1.61. The van der Waals surface area contributed by atoms with Gasteiger partial charge >= 0.3 is 5.97 Å². The highest BCUT2D eigenvalue weighted by Gasteiger charge is 2.01. The van der Waals surface area contributed by atoms with E-state index in [0.29, 0.717) is 39.3 Å². The second-order valence-corrected chi connectivity index (χ2v) is 2.51. The van der Waals surface area contributed by atoms with Gasteiger partial charge in [-0.05, 0) is 13.3 Å². The van der Waals surface area contributed by atoms with Crippen LogP contribution in [0.4, 0.5) is 0 Å². The molecule has 0 aliphatic rings. The van der Waals surface area contributed by atoms with Crippen molar-refractivity contribution in [2.45, 2.75) is 19.8 Å². The lowest BCUT2D eigenvalue weighted by Gasteiger charge is -2.04. The molecule has 0 aromatic rings. The number of methoxy groups -OCH3 is 1. The lowest BCUT2D eigenvalue weighted by Crippen LogP contribution is -2.10. The molecule has 0 bridgehead atoms. The Kier molecular flexibility index (Phi) is 9.03. The van der Waals surface area contributed by atoms with Gasteiger partial charge in [0.15, 0.2) is 0 Å². The fourth-order valence-electron chi connectivity index (χ4n) is 0.792. The van der Waals surface area contributed by atoms with Crippen LogP contribution in [0.2, 0.25) is 0 Å². The van der Waals surface area contributed by atoms with E-state index in [0.717, 1.165) is 0 Å². The summed E-state index contributed by atoms with van der Waals surface area (Å²) in [5, 5.41) is 0. The molecular formula is C9H18O4. The van der Waals surface area contributed by atoms with Crippen molar-refractivity contribution in [3.63, 3.8) is 0 Å². The number of carbonyl (C=O) groups is 1. The first-order valence-electron chi connectivity index (χ1n) is 4.53. The molecule has 0 saturated carbocycles. The van der Waals surface area contributed by atoms with Crippen LogP contribution in [0.5, 0.6) is 0 Å². The van der Waals surface area contributed by atoms with Gasteiger partial charge in [-0.25, -0.2) is 0 Å². The van der Waals surface area contributed by atoms with Gasteiger partial charge < -0.3 is 14.2 Å². The summed E-state index contributed by atoms with van der Waals surface area (Å²) in [4.78, 5) is 10.9. The molecule has 0 rings (SSSR count). The predicted molar refractivity (Wildman–Crippen MR) is 48.6 cm³/mol. The molecule has 0 amide bonds. The average molecular weight is 190 g/mol. The van der Waals surface area contributed by atoms with Gasteiger partial charge in [0.2, 0.25) is 0 Å². The summed E-state index contributed by atoms with van der Waals surface area (Å²) < 4.78 is 14.7. The Morgan fingerprint density at radius 3 is 2.62 bits per heavy atom. The van der Waals surface area contributed by atoms with E-state index in [-0.39, 0.29) is 5.97 Å². The number of carbonyl (C=O) groups excluding carboxylic acids is 1. The van der Waals surface area contributed by atoms with Crippen molar-refractivity contribution >= 4 is 5.97 Å². The molecule has 0 spiro atoms. The summed E-state index contributed by atoms with van der Waals surface area (Å²) in [5.74, 6) is -0.184. The van der Waals surface area contributed by atoms with E-state index < -0.39 is 0 Å². The molecular weight excluding hydrogens is 172 g/mol. The first-order chi connectivity index (χ1) is 6.31. The monoisotopic (exact) mass is 190 g/mol. The Morgan fingerprint density at radius 2 is 2.00 bits per heavy atom. The summed E-state index contributed by atoms with van der Waals surface area (Å²) in [6.07, 6.45) is 1.13. The lowest BCUT2D eigenvalue weighted by atomic mass is 10.3. The molecule has 0 aliphatic heterocycles. The second kappa shape index (κ2) is 9.48. The molecule has 0 fully saturated rings. The van der Waals surface area contributed by atoms with Crippen LogP contribution in [-0.4, -0.2) is 39.5 Å². The Labute approximate surface area is 79.2 Å². The fourth-order valence-corrected chi connectivity index (χ4v) is 0.792. The first kappa shape index (κ1) is 12.4. The minimum atomic E-state index is -0.184. The van der Waals surface area contributed by atoms with Crippen molar-refractivity contribution in [3.8, 4) is 0 Å². The lowest BCUT2D eigenvalue weighted by molar-refractivity contribution is -0.145. The number of hydrogen-bond acceptors (Lipinski definition) is 4. The molecule has 0 saturated heterocycles. The van der Waals surface area contributed by atoms with Crippen molar-refractivity contribution < 1.29 is 19.0 Å². The zero-order chi connectivity index (χ0) is 9.94. The first-order valence-corrected chi connectivity index (χ1v) is 4.53. The summed E-state index contributed by atoms with van der Waals surface area (Å²) in [5.41, 5.74) is 0. The Bertz CT molecular complexity index is 125. The normalized spacial score (nSPS) is 10.0. The van der Waals surface area contributed by atoms with Crippen LogP contribution in [0.25, 0.3) is 0 Å². The van der Waals surface area contributed by atoms with Crippen molar-refractivity contribution in [1.29, 1.82) is 0 Å². The van der Waals surface area contributed by atoms with Crippen LogP contribution >= 0.6 is 0 Å². The van der Waals surface area contributed by atoms with Gasteiger partial charge in [-0.3, -0.25) is 4.79 Å². The highest BCUT2D eigenvalue weighted by molar-refractivity contribution is 5.69. The quantitative estimate of drug-likeness (QED) is 0.423. The molecule has 0 unspecified atom stereocenters. The molecule has 0 N–H and O–H groups in total. The fraction of sp³-hybridized carbons (Fsp3) is 0.889. The van der Waals surface area contributed by atoms with E-state index in [1.807, 2.05) is 6.92 Å². The van der Waals surface area contributed by atoms with Crippen LogP contribution in [0.3, 0.4) is 0 Å². The minimum Gasteiger partial charge on any atom is -0.463 e. The van der Waals surface area contributed by atoms with E-state index in [1.54, 1.807) is 7.11 Å². The number of esters is 1. The minimum absolute atomic E-state index is 0.184. The Hall–Kier alpha value is -0.610. The predicted octanol–water partition coefficient (Wildman–Crippen LogP) is 0.993. The van der Waals surface area contributed by atoms with Gasteiger partial charge in [0.05, 0.1) is 6.61 Å². The molecule has 0 atom stereocenters. The van der Waals surface area contributed by atoms with Crippen molar-refractivity contribution in [2.24, 2.45) is 0 Å². The van der Waals surface area contributed by atoms with E-state index in [1.165, 1.54) is 0 Å². The van der Waals surface area contributed by atoms with Crippen molar-refractivity contribution in [1.82, 2.24) is 0 Å². The standard InChI is InChI=1S/C9H18O4/c1-3-12-7-8-13-9(10)5-4-6-11-2/h3-8H2,1-2H3. The second-order valence-electron chi connectivity index (χ2n) is 2.51. The maximum Gasteiger partial charge on any atom is 0.305 e. The summed E-state index contributed by atoms with van der Waals surface area (Å²) in [6.45, 7) is 3.98. The highest BCUT2D eigenvalue weighted by atomic mass is 16.6. The van der Waals surface area contributed by atoms with Crippen LogP contribution in [-0.2, 0) is 19.0 Å². The van der Waals surface area contributed by atoms with Crippen molar-refractivity contribution in [3.05, 3.63) is 0 Å². The third-order valence-electron chi connectivity index (χ3n) is 1.42. The van der Waals surface area contributed by atoms with Crippen LogP contribution < -0.4 is 0 Å². The summed E-state index contributed by atoms with van der Waals surface area (Å²) >= 11 is 0. The zero-order valence-electron chi connectivity index (χ0n) is 8.38. The highest BCUT2D eigenvalue weighted by Crippen LogP contribution is 1.92. The molecule has 13 heavy (non-hydrogen) atoms. The molecule has 0 aromatic heterocycles. The van der Waals surface area contributed by atoms with Gasteiger partial charge in [0.25, 0.3) is 0 Å². The van der Waals surface area contributed by atoms with Gasteiger partial charge in [-0.1, -0.05) is 0 Å². The van der Waals surface area contributed by atoms with E-state index >= 15 is 0 Å². The molecule has 4 heteroatoms. The van der Waals surface area contributed by atoms with E-state index in [2.05, 4.69) is 0 Å². The van der Waals surface area contributed by atoms with Gasteiger partial charge in [0, 0.05) is 26.7 Å². The molecule has 0 aliphatic carbocycles. The SMILES string of the molecule is CCOCCOC(=O)CCCOC. The summed E-state index contributed by atoms with van der Waals surface area (Å²) in [6, 6.07) is 0. The Balaban J connectivity index is 3.11. The third kappa shape index (κ3) is 9.30. The molecule has 0 radical (unpaired) electrons. The average Bonchev–Trinajstić information content (AvgIpc) is 2.13. The number of ether oxygens (including phenoxy) is 3. The van der Waals surface area contributed by atoms with Gasteiger partial charge in [0.1, 0.15) is 6.61 Å². The number of rotatable bonds is 8. The topological polar surface area (TPSA) is 44.8 Å². The largest absolute Gasteiger partial charge is 0.463 e. The molecule has 78 valence electrons. The number of hydrogen-bond donors (Lipinski definition) is 0. The Morgan fingerprint density at radius 1 is 1.23 bits per heavy atom. The van der Waals surface area contributed by atoms with E-state index in [4.69, 9.17) is 14.2 Å². The third-order valence-corrected chi connectivity index (χ3v) is 1.42. The van der Waals surface area contributed by atoms with E-state index in [9.17, 15) is 4.79 Å². The molecule has 0 heterocycles. The molecule has 0 aromatic carbocycles. The van der Waals surface area contributed by atoms with Crippen LogP contribution in [0, 0.1) is 0 Å². The van der Waals surface area contributed by atoms with Gasteiger partial charge in [-0.15, -0.1) is 0 Å². The maximum atomic E-state index is 10.9. The molecule has 4 nitrogen and oxygen atoms in total. The van der Waals surface area contributed by atoms with Gasteiger partial charge in [-0.2, -0.15) is 0 Å². The van der Waals surface area contributed by atoms with Crippen LogP contribution in [0.15, 0.2) is 0 Å². The van der Waals surface area contributed by atoms with Crippen LogP contribution in [0.1, 0.15) is 19.8 Å². The smallest absolute Gasteiger partial charge is 0.305 e. The zero-order valence-corrected chi connectivity index (χ0v) is 8.38.